The third-order valence-electron chi connectivity index (χ3n) is 3.58. The van der Waals surface area contributed by atoms with E-state index in [-0.39, 0.29) is 20.2 Å². The standard InChI is InChI=1S/C21H18OSSe/c1-17(24-20-15-9-4-10-16-20)21(18-11-5-2-6-12-18)23(22)19-13-7-3-8-14-19/h2-16,21H,1H2. The van der Waals surface area contributed by atoms with Crippen LogP contribution in [0.1, 0.15) is 10.8 Å². The van der Waals surface area contributed by atoms with Crippen LogP contribution in [0.3, 0.4) is 0 Å². The van der Waals surface area contributed by atoms with E-state index in [9.17, 15) is 4.21 Å². The van der Waals surface area contributed by atoms with Gasteiger partial charge in [-0.15, -0.1) is 0 Å². The Hall–Kier alpha value is -1.93. The van der Waals surface area contributed by atoms with Crippen LogP contribution in [0.15, 0.2) is 107 Å². The summed E-state index contributed by atoms with van der Waals surface area (Å²) >= 11 is 0.0756. The predicted octanol–water partition coefficient (Wildman–Crippen LogP) is 4.08. The molecule has 3 heteroatoms. The van der Waals surface area contributed by atoms with Gasteiger partial charge in [-0.3, -0.25) is 0 Å². The molecule has 0 aliphatic carbocycles. The zero-order valence-corrected chi connectivity index (χ0v) is 15.7. The molecule has 2 atom stereocenters. The van der Waals surface area contributed by atoms with Crippen molar-refractivity contribution >= 4 is 30.2 Å². The predicted molar refractivity (Wildman–Crippen MR) is 103 cm³/mol. The molecule has 3 aromatic carbocycles. The molecular weight excluding hydrogens is 379 g/mol. The molecule has 0 fully saturated rings. The Morgan fingerprint density at radius 2 is 1.29 bits per heavy atom. The molecule has 0 aliphatic heterocycles. The molecule has 0 saturated carbocycles. The van der Waals surface area contributed by atoms with E-state index < -0.39 is 10.8 Å². The quantitative estimate of drug-likeness (QED) is 0.573. The zero-order chi connectivity index (χ0) is 16.8. The first-order chi connectivity index (χ1) is 11.8. The van der Waals surface area contributed by atoms with Crippen LogP contribution in [0.4, 0.5) is 0 Å². The molecule has 0 radical (unpaired) electrons. The number of hydrogen-bond acceptors (Lipinski definition) is 1. The Morgan fingerprint density at radius 1 is 0.792 bits per heavy atom. The Labute approximate surface area is 152 Å². The zero-order valence-electron chi connectivity index (χ0n) is 13.2. The molecule has 0 spiro atoms. The Bertz CT molecular complexity index is 816. The first-order valence-corrected chi connectivity index (χ1v) is 10.6. The van der Waals surface area contributed by atoms with Gasteiger partial charge in [0.2, 0.25) is 0 Å². The van der Waals surface area contributed by atoms with E-state index in [1.165, 1.54) is 4.46 Å². The van der Waals surface area contributed by atoms with Crippen LogP contribution >= 0.6 is 0 Å². The molecule has 0 aliphatic rings. The van der Waals surface area contributed by atoms with Gasteiger partial charge >= 0.3 is 152 Å². The average Bonchev–Trinajstić information content (AvgIpc) is 2.64. The van der Waals surface area contributed by atoms with Crippen molar-refractivity contribution in [2.75, 3.05) is 0 Å². The van der Waals surface area contributed by atoms with Gasteiger partial charge in [-0.1, -0.05) is 0 Å². The topological polar surface area (TPSA) is 17.1 Å². The van der Waals surface area contributed by atoms with Gasteiger partial charge in [0, 0.05) is 0 Å². The summed E-state index contributed by atoms with van der Waals surface area (Å²) in [4.78, 5) is 0.844. The van der Waals surface area contributed by atoms with E-state index in [0.717, 1.165) is 14.9 Å². The van der Waals surface area contributed by atoms with E-state index in [1.54, 1.807) is 0 Å². The van der Waals surface area contributed by atoms with E-state index in [0.29, 0.717) is 0 Å². The molecule has 0 amide bonds. The van der Waals surface area contributed by atoms with Crippen molar-refractivity contribution in [3.63, 3.8) is 0 Å². The minimum atomic E-state index is -1.16. The SMILES string of the molecule is C=C([Se]c1ccccc1)C(c1ccccc1)S(=O)c1ccccc1. The average molecular weight is 397 g/mol. The number of rotatable bonds is 6. The minimum absolute atomic E-state index is 0.0756. The number of hydrogen-bond donors (Lipinski definition) is 0. The Kier molecular flexibility index (Phi) is 5.81. The molecule has 1 nitrogen and oxygen atoms in total. The van der Waals surface area contributed by atoms with Crippen LogP contribution in [-0.4, -0.2) is 19.2 Å². The number of benzene rings is 3. The van der Waals surface area contributed by atoms with Gasteiger partial charge in [-0.2, -0.15) is 0 Å². The van der Waals surface area contributed by atoms with Gasteiger partial charge in [0.1, 0.15) is 0 Å². The molecule has 0 N–H and O–H groups in total. The van der Waals surface area contributed by atoms with E-state index in [2.05, 4.69) is 18.7 Å². The second-order valence-electron chi connectivity index (χ2n) is 5.28. The first-order valence-electron chi connectivity index (χ1n) is 7.68. The molecule has 0 bridgehead atoms. The second-order valence-corrected chi connectivity index (χ2v) is 9.34. The normalized spacial score (nSPS) is 13.2. The van der Waals surface area contributed by atoms with Crippen molar-refractivity contribution in [3.05, 3.63) is 108 Å². The van der Waals surface area contributed by atoms with Crippen LogP contribution in [0.2, 0.25) is 0 Å². The van der Waals surface area contributed by atoms with Gasteiger partial charge in [-0.05, 0) is 0 Å². The van der Waals surface area contributed by atoms with Crippen LogP contribution in [0.5, 0.6) is 0 Å². The summed E-state index contributed by atoms with van der Waals surface area (Å²) in [5.41, 5.74) is 1.06. The fourth-order valence-corrected chi connectivity index (χ4v) is 6.34. The van der Waals surface area contributed by atoms with E-state index in [4.69, 9.17) is 0 Å². The van der Waals surface area contributed by atoms with Gasteiger partial charge in [0.05, 0.1) is 0 Å². The Balaban J connectivity index is 1.93. The molecule has 24 heavy (non-hydrogen) atoms. The molecule has 120 valence electrons. The summed E-state index contributed by atoms with van der Waals surface area (Å²) < 4.78 is 15.5. The summed E-state index contributed by atoms with van der Waals surface area (Å²) in [5.74, 6) is 0. The van der Waals surface area contributed by atoms with E-state index in [1.807, 2.05) is 78.9 Å². The monoisotopic (exact) mass is 398 g/mol. The van der Waals surface area contributed by atoms with Crippen LogP contribution in [-0.2, 0) is 10.8 Å². The summed E-state index contributed by atoms with van der Waals surface area (Å²) in [6, 6.07) is 30.0. The summed E-state index contributed by atoms with van der Waals surface area (Å²) in [5, 5.41) is -0.186. The summed E-state index contributed by atoms with van der Waals surface area (Å²) in [6.07, 6.45) is 0. The summed E-state index contributed by atoms with van der Waals surface area (Å²) in [6.45, 7) is 4.31. The van der Waals surface area contributed by atoms with Gasteiger partial charge in [-0.25, -0.2) is 0 Å². The van der Waals surface area contributed by atoms with E-state index >= 15 is 0 Å². The van der Waals surface area contributed by atoms with Gasteiger partial charge in [0.15, 0.2) is 0 Å². The van der Waals surface area contributed by atoms with Crippen molar-refractivity contribution in [2.24, 2.45) is 0 Å². The molecule has 3 aromatic rings. The van der Waals surface area contributed by atoms with Gasteiger partial charge < -0.3 is 0 Å². The Morgan fingerprint density at radius 3 is 1.88 bits per heavy atom. The molecule has 0 heterocycles. The fraction of sp³-hybridized carbons (Fsp3) is 0.0476. The van der Waals surface area contributed by atoms with Crippen molar-refractivity contribution in [1.82, 2.24) is 0 Å². The second kappa shape index (κ2) is 8.25. The van der Waals surface area contributed by atoms with Crippen LogP contribution in [0, 0.1) is 0 Å². The molecule has 0 saturated heterocycles. The maximum atomic E-state index is 13.2. The van der Waals surface area contributed by atoms with Crippen LogP contribution < -0.4 is 4.46 Å². The molecule has 3 rings (SSSR count). The van der Waals surface area contributed by atoms with Crippen molar-refractivity contribution in [2.45, 2.75) is 10.1 Å². The summed E-state index contributed by atoms with van der Waals surface area (Å²) in [7, 11) is -1.16. The molecular formula is C21H18OSSe. The third-order valence-corrected chi connectivity index (χ3v) is 7.75. The van der Waals surface area contributed by atoms with Crippen molar-refractivity contribution in [1.29, 1.82) is 0 Å². The third kappa shape index (κ3) is 4.12. The fourth-order valence-electron chi connectivity index (χ4n) is 2.44. The molecule has 2 unspecified atom stereocenters. The molecule has 0 aromatic heterocycles. The maximum absolute atomic E-state index is 13.2. The van der Waals surface area contributed by atoms with Crippen molar-refractivity contribution in [3.8, 4) is 0 Å². The first kappa shape index (κ1) is 16.9. The van der Waals surface area contributed by atoms with Crippen LogP contribution in [0.25, 0.3) is 0 Å². The van der Waals surface area contributed by atoms with Gasteiger partial charge in [0.25, 0.3) is 0 Å². The van der Waals surface area contributed by atoms with Crippen molar-refractivity contribution < 1.29 is 4.21 Å².